The van der Waals surface area contributed by atoms with Crippen molar-refractivity contribution in [2.75, 3.05) is 31.6 Å². The number of piperazine rings is 1. The molecule has 112 valence electrons. The second kappa shape index (κ2) is 5.70. The van der Waals surface area contributed by atoms with E-state index in [2.05, 4.69) is 56.7 Å². The summed E-state index contributed by atoms with van der Waals surface area (Å²) in [6.45, 7) is 12.6. The molecule has 0 saturated carbocycles. The van der Waals surface area contributed by atoms with Gasteiger partial charge >= 0.3 is 0 Å². The minimum atomic E-state index is 0.177. The van der Waals surface area contributed by atoms with Crippen LogP contribution in [0.5, 0.6) is 0 Å². The molecule has 0 aromatic carbocycles. The van der Waals surface area contributed by atoms with Gasteiger partial charge in [0.2, 0.25) is 0 Å². The van der Waals surface area contributed by atoms with Gasteiger partial charge in [-0.2, -0.15) is 0 Å². The lowest BCUT2D eigenvalue weighted by Crippen LogP contribution is -2.57. The molecule has 2 heterocycles. The van der Waals surface area contributed by atoms with E-state index in [4.69, 9.17) is 10.7 Å². The first-order valence-corrected chi connectivity index (χ1v) is 7.50. The van der Waals surface area contributed by atoms with Crippen molar-refractivity contribution in [1.82, 2.24) is 9.88 Å². The van der Waals surface area contributed by atoms with Gasteiger partial charge < -0.3 is 10.6 Å². The van der Waals surface area contributed by atoms with E-state index >= 15 is 0 Å². The second-order valence-electron chi connectivity index (χ2n) is 6.77. The molecule has 0 unspecified atom stereocenters. The number of hydrogen-bond acceptors (Lipinski definition) is 4. The summed E-state index contributed by atoms with van der Waals surface area (Å²) >= 11 is 0. The maximum absolute atomic E-state index is 5.84. The third-order valence-electron chi connectivity index (χ3n) is 4.36. The molecule has 0 aliphatic carbocycles. The zero-order valence-electron chi connectivity index (χ0n) is 13.5. The molecule has 1 aromatic heterocycles. The zero-order chi connectivity index (χ0) is 14.9. The van der Waals surface area contributed by atoms with Gasteiger partial charge in [-0.05, 0) is 44.5 Å². The molecule has 2 rings (SSSR count). The lowest BCUT2D eigenvalue weighted by atomic mass is 9.99. The maximum Gasteiger partial charge on any atom is 0.129 e. The molecule has 0 bridgehead atoms. The van der Waals surface area contributed by atoms with Gasteiger partial charge in [0.25, 0.3) is 0 Å². The van der Waals surface area contributed by atoms with Crippen LogP contribution < -0.4 is 10.6 Å². The average Bonchev–Trinajstić information content (AvgIpc) is 2.41. The van der Waals surface area contributed by atoms with Crippen LogP contribution in [-0.2, 0) is 6.54 Å². The summed E-state index contributed by atoms with van der Waals surface area (Å²) in [5, 5.41) is 0. The number of nitrogens with zero attached hydrogens (tertiary/aromatic N) is 3. The smallest absolute Gasteiger partial charge is 0.129 e. The Bertz CT molecular complexity index is 468. The number of likely N-dealkylation sites (N-methyl/N-ethyl adjacent to an activating group) is 1. The van der Waals surface area contributed by atoms with Crippen molar-refractivity contribution in [3.05, 3.63) is 23.4 Å². The van der Waals surface area contributed by atoms with Crippen LogP contribution in [-0.4, -0.2) is 42.1 Å². The Balaban J connectivity index is 2.30. The van der Waals surface area contributed by atoms with Crippen molar-refractivity contribution in [3.63, 3.8) is 0 Å². The summed E-state index contributed by atoms with van der Waals surface area (Å²) in [5.41, 5.74) is 8.33. The van der Waals surface area contributed by atoms with Crippen LogP contribution in [0.2, 0.25) is 0 Å². The Morgan fingerprint density at radius 1 is 1.30 bits per heavy atom. The third kappa shape index (κ3) is 3.13. The number of hydrogen-bond donors (Lipinski definition) is 1. The molecule has 20 heavy (non-hydrogen) atoms. The molecule has 1 aromatic rings. The normalized spacial score (nSPS) is 19.6. The van der Waals surface area contributed by atoms with Crippen molar-refractivity contribution in [2.45, 2.75) is 45.7 Å². The number of anilines is 1. The van der Waals surface area contributed by atoms with Crippen LogP contribution in [0.1, 0.15) is 44.9 Å². The lowest BCUT2D eigenvalue weighted by molar-refractivity contribution is 0.138. The highest BCUT2D eigenvalue weighted by molar-refractivity contribution is 5.44. The first-order valence-electron chi connectivity index (χ1n) is 7.50. The molecule has 4 heteroatoms. The first kappa shape index (κ1) is 15.3. The van der Waals surface area contributed by atoms with E-state index in [9.17, 15) is 0 Å². The van der Waals surface area contributed by atoms with Crippen molar-refractivity contribution >= 4 is 5.82 Å². The highest BCUT2D eigenvalue weighted by Crippen LogP contribution is 2.25. The number of pyridine rings is 1. The fraction of sp³-hybridized carbons (Fsp3) is 0.688. The largest absolute Gasteiger partial charge is 0.353 e. The summed E-state index contributed by atoms with van der Waals surface area (Å²) in [7, 11) is 2.20. The van der Waals surface area contributed by atoms with Crippen LogP contribution in [0, 0.1) is 0 Å². The summed E-state index contributed by atoms with van der Waals surface area (Å²) in [6, 6.07) is 4.28. The van der Waals surface area contributed by atoms with E-state index in [1.165, 1.54) is 5.56 Å². The minimum absolute atomic E-state index is 0.177. The van der Waals surface area contributed by atoms with Crippen molar-refractivity contribution in [1.29, 1.82) is 0 Å². The number of rotatable bonds is 3. The Hall–Kier alpha value is -1.13. The van der Waals surface area contributed by atoms with Crippen molar-refractivity contribution in [3.8, 4) is 0 Å². The minimum Gasteiger partial charge on any atom is -0.353 e. The SMILES string of the molecule is CC(C)c1cc(CN)cc(N2CCN(C)C(C)(C)C2)n1. The van der Waals surface area contributed by atoms with Gasteiger partial charge in [0.05, 0.1) is 0 Å². The van der Waals surface area contributed by atoms with Crippen LogP contribution in [0.3, 0.4) is 0 Å². The van der Waals surface area contributed by atoms with E-state index < -0.39 is 0 Å². The Morgan fingerprint density at radius 2 is 2.00 bits per heavy atom. The predicted molar refractivity (Wildman–Crippen MR) is 85.1 cm³/mol. The van der Waals surface area contributed by atoms with Crippen LogP contribution in [0.15, 0.2) is 12.1 Å². The molecule has 0 radical (unpaired) electrons. The zero-order valence-corrected chi connectivity index (χ0v) is 13.5. The average molecular weight is 276 g/mol. The summed E-state index contributed by atoms with van der Waals surface area (Å²) in [4.78, 5) is 9.66. The number of nitrogens with two attached hydrogens (primary N) is 1. The predicted octanol–water partition coefficient (Wildman–Crippen LogP) is 2.19. The molecule has 0 atom stereocenters. The third-order valence-corrected chi connectivity index (χ3v) is 4.36. The van der Waals surface area contributed by atoms with E-state index in [0.717, 1.165) is 31.1 Å². The first-order chi connectivity index (χ1) is 9.33. The molecule has 0 amide bonds. The van der Waals surface area contributed by atoms with Gasteiger partial charge in [-0.15, -0.1) is 0 Å². The van der Waals surface area contributed by atoms with Gasteiger partial charge in [-0.25, -0.2) is 4.98 Å². The second-order valence-corrected chi connectivity index (χ2v) is 6.77. The fourth-order valence-electron chi connectivity index (χ4n) is 2.61. The monoisotopic (exact) mass is 276 g/mol. The van der Waals surface area contributed by atoms with Gasteiger partial charge in [0.15, 0.2) is 0 Å². The van der Waals surface area contributed by atoms with Gasteiger partial charge in [-0.3, -0.25) is 4.90 Å². The van der Waals surface area contributed by atoms with Crippen LogP contribution in [0.4, 0.5) is 5.82 Å². The molecule has 1 aliphatic heterocycles. The summed E-state index contributed by atoms with van der Waals surface area (Å²) in [6.07, 6.45) is 0. The van der Waals surface area contributed by atoms with Gasteiger partial charge in [0.1, 0.15) is 5.82 Å². The van der Waals surface area contributed by atoms with E-state index in [-0.39, 0.29) is 5.54 Å². The van der Waals surface area contributed by atoms with Crippen molar-refractivity contribution in [2.24, 2.45) is 5.73 Å². The molecule has 1 saturated heterocycles. The molecule has 2 N–H and O–H groups in total. The van der Waals surface area contributed by atoms with Gasteiger partial charge in [0, 0.05) is 37.4 Å². The Kier molecular flexibility index (Phi) is 4.35. The van der Waals surface area contributed by atoms with Crippen LogP contribution >= 0.6 is 0 Å². The Morgan fingerprint density at radius 3 is 2.55 bits per heavy atom. The molecule has 0 spiro atoms. The quantitative estimate of drug-likeness (QED) is 0.919. The maximum atomic E-state index is 5.84. The fourth-order valence-corrected chi connectivity index (χ4v) is 2.61. The molecule has 1 aliphatic rings. The van der Waals surface area contributed by atoms with Crippen molar-refractivity contribution < 1.29 is 0 Å². The highest BCUT2D eigenvalue weighted by Gasteiger charge is 2.31. The van der Waals surface area contributed by atoms with Gasteiger partial charge in [-0.1, -0.05) is 13.8 Å². The molecular weight excluding hydrogens is 248 g/mol. The highest BCUT2D eigenvalue weighted by atomic mass is 15.3. The van der Waals surface area contributed by atoms with E-state index in [0.29, 0.717) is 12.5 Å². The number of aromatic nitrogens is 1. The Labute approximate surface area is 123 Å². The van der Waals surface area contributed by atoms with Crippen LogP contribution in [0.25, 0.3) is 0 Å². The molecule has 1 fully saturated rings. The molecule has 4 nitrogen and oxygen atoms in total. The topological polar surface area (TPSA) is 45.4 Å². The lowest BCUT2D eigenvalue weighted by Gasteiger charge is -2.46. The van der Waals surface area contributed by atoms with E-state index in [1.54, 1.807) is 0 Å². The summed E-state index contributed by atoms with van der Waals surface area (Å²) in [5.74, 6) is 1.51. The molecular formula is C16H28N4. The summed E-state index contributed by atoms with van der Waals surface area (Å²) < 4.78 is 0. The standard InChI is InChI=1S/C16H28N4/c1-12(2)14-8-13(10-17)9-15(18-14)20-7-6-19(5)16(3,4)11-20/h8-9,12H,6-7,10-11,17H2,1-5H3. The van der Waals surface area contributed by atoms with E-state index in [1.807, 2.05) is 0 Å².